The van der Waals surface area contributed by atoms with Gasteiger partial charge in [0.2, 0.25) is 5.91 Å². The molecule has 1 atom stereocenters. The monoisotopic (exact) mass is 386 g/mol. The summed E-state index contributed by atoms with van der Waals surface area (Å²) < 4.78 is 2.26. The summed E-state index contributed by atoms with van der Waals surface area (Å²) in [6.45, 7) is 7.05. The Bertz CT molecular complexity index is 888. The normalized spacial score (nSPS) is 17.8. The molecule has 1 aromatic carbocycles. The van der Waals surface area contributed by atoms with Gasteiger partial charge in [0, 0.05) is 12.2 Å². The Morgan fingerprint density at radius 2 is 2.15 bits per heavy atom. The number of anilines is 1. The molecule has 138 valence electrons. The minimum atomic E-state index is 0.182. The zero-order chi connectivity index (χ0) is 18.5. The molecule has 2 heterocycles. The van der Waals surface area contributed by atoms with Gasteiger partial charge in [0.05, 0.1) is 15.6 Å². The van der Waals surface area contributed by atoms with Crippen LogP contribution >= 0.6 is 23.1 Å². The molecule has 2 aliphatic rings. The predicted octanol–water partition coefficient (Wildman–Crippen LogP) is 3.84. The molecular weight excluding hydrogens is 360 g/mol. The van der Waals surface area contributed by atoms with Crippen molar-refractivity contribution in [1.29, 1.82) is 0 Å². The first-order valence-corrected chi connectivity index (χ1v) is 11.2. The fourth-order valence-electron chi connectivity index (χ4n) is 3.27. The highest BCUT2D eigenvalue weighted by Crippen LogP contribution is 2.28. The maximum Gasteiger partial charge on any atom is 0.237 e. The number of carbonyl (C=O) groups excluding carboxylic acids is 1. The maximum absolute atomic E-state index is 12.7. The van der Waals surface area contributed by atoms with Crippen LogP contribution in [-0.2, 0) is 11.2 Å². The third-order valence-electron chi connectivity index (χ3n) is 4.51. The first-order valence-electron chi connectivity index (χ1n) is 9.40. The molecule has 2 aromatic rings. The van der Waals surface area contributed by atoms with Crippen LogP contribution in [0.25, 0.3) is 12.2 Å². The summed E-state index contributed by atoms with van der Waals surface area (Å²) >= 11 is 3.28. The first-order chi connectivity index (χ1) is 12.7. The third-order valence-corrected chi connectivity index (χ3v) is 6.67. The van der Waals surface area contributed by atoms with E-state index in [1.54, 1.807) is 23.1 Å². The van der Waals surface area contributed by atoms with Gasteiger partial charge in [0.25, 0.3) is 0 Å². The minimum Gasteiger partial charge on any atom is -0.311 e. The SMILES string of the molecule is CC.CC1C=c2sc(SCC(=O)N3CCCc4ccccc43)nc2=CC1. The van der Waals surface area contributed by atoms with Gasteiger partial charge in [-0.3, -0.25) is 4.79 Å². The lowest BCUT2D eigenvalue weighted by molar-refractivity contribution is -0.116. The molecule has 1 aromatic heterocycles. The van der Waals surface area contributed by atoms with Crippen molar-refractivity contribution >= 4 is 46.8 Å². The molecule has 5 heteroatoms. The molecule has 0 fully saturated rings. The van der Waals surface area contributed by atoms with Crippen molar-refractivity contribution in [2.75, 3.05) is 17.2 Å². The summed E-state index contributed by atoms with van der Waals surface area (Å²) in [5.74, 6) is 1.22. The summed E-state index contributed by atoms with van der Waals surface area (Å²) in [4.78, 5) is 19.3. The molecule has 0 N–H and O–H groups in total. The number of nitrogens with zero attached hydrogens (tertiary/aromatic N) is 2. The number of aryl methyl sites for hydroxylation is 1. The number of benzene rings is 1. The second kappa shape index (κ2) is 8.87. The smallest absolute Gasteiger partial charge is 0.237 e. The van der Waals surface area contributed by atoms with Crippen molar-refractivity contribution in [2.24, 2.45) is 5.92 Å². The fraction of sp³-hybridized carbons (Fsp3) is 0.429. The summed E-state index contributed by atoms with van der Waals surface area (Å²) in [6, 6.07) is 8.25. The standard InChI is InChI=1S/C19H20N2OS2.C2H6/c1-13-8-9-15-17(11-13)24-19(20-15)23-12-18(22)21-10-4-6-14-5-2-3-7-16(14)21;1-2/h2-3,5,7,9,11,13H,4,6,8,10,12H2,1H3;1-2H3. The summed E-state index contributed by atoms with van der Waals surface area (Å²) in [5.41, 5.74) is 2.37. The fourth-order valence-corrected chi connectivity index (χ4v) is 5.38. The molecule has 1 aliphatic heterocycles. The number of hydrogen-bond donors (Lipinski definition) is 0. The van der Waals surface area contributed by atoms with E-state index in [0.29, 0.717) is 11.7 Å². The van der Waals surface area contributed by atoms with Gasteiger partial charge in [0.1, 0.15) is 0 Å². The number of thiazole rings is 1. The highest BCUT2D eigenvalue weighted by atomic mass is 32.2. The van der Waals surface area contributed by atoms with Gasteiger partial charge >= 0.3 is 0 Å². The Morgan fingerprint density at radius 1 is 1.35 bits per heavy atom. The van der Waals surface area contributed by atoms with Gasteiger partial charge in [-0.25, -0.2) is 4.98 Å². The number of amides is 1. The van der Waals surface area contributed by atoms with E-state index in [0.717, 1.165) is 41.2 Å². The molecule has 1 amide bonds. The van der Waals surface area contributed by atoms with Crippen LogP contribution in [0.4, 0.5) is 5.69 Å². The molecule has 0 spiro atoms. The molecule has 1 unspecified atom stereocenters. The molecule has 3 nitrogen and oxygen atoms in total. The van der Waals surface area contributed by atoms with E-state index < -0.39 is 0 Å². The Morgan fingerprint density at radius 3 is 3.00 bits per heavy atom. The zero-order valence-electron chi connectivity index (χ0n) is 15.7. The van der Waals surface area contributed by atoms with Crippen molar-refractivity contribution in [2.45, 2.75) is 44.4 Å². The number of thioether (sulfide) groups is 1. The Hall–Kier alpha value is -1.59. The van der Waals surface area contributed by atoms with Crippen LogP contribution in [0, 0.1) is 5.92 Å². The average molecular weight is 387 g/mol. The molecule has 26 heavy (non-hydrogen) atoms. The number of carbonyl (C=O) groups is 1. The lowest BCUT2D eigenvalue weighted by Crippen LogP contribution is -2.36. The summed E-state index contributed by atoms with van der Waals surface area (Å²) in [7, 11) is 0. The molecule has 0 radical (unpaired) electrons. The van der Waals surface area contributed by atoms with E-state index in [1.165, 1.54) is 10.1 Å². The quantitative estimate of drug-likeness (QED) is 0.752. The molecule has 0 saturated carbocycles. The van der Waals surface area contributed by atoms with E-state index in [9.17, 15) is 4.79 Å². The van der Waals surface area contributed by atoms with Gasteiger partial charge in [-0.2, -0.15) is 0 Å². The third kappa shape index (κ3) is 4.21. The highest BCUT2D eigenvalue weighted by Gasteiger charge is 2.22. The van der Waals surface area contributed by atoms with Crippen molar-refractivity contribution in [3.8, 4) is 0 Å². The maximum atomic E-state index is 12.7. The van der Waals surface area contributed by atoms with Gasteiger partial charge in [-0.1, -0.05) is 62.9 Å². The van der Waals surface area contributed by atoms with Crippen LogP contribution in [0.2, 0.25) is 0 Å². The molecule has 0 bridgehead atoms. The van der Waals surface area contributed by atoms with E-state index in [2.05, 4.69) is 42.3 Å². The summed E-state index contributed by atoms with van der Waals surface area (Å²) in [5, 5.41) is 1.09. The number of hydrogen-bond acceptors (Lipinski definition) is 4. The van der Waals surface area contributed by atoms with Gasteiger partial charge in [0.15, 0.2) is 4.34 Å². The van der Waals surface area contributed by atoms with Crippen molar-refractivity contribution in [3.05, 3.63) is 39.7 Å². The predicted molar refractivity (Wildman–Crippen MR) is 113 cm³/mol. The lowest BCUT2D eigenvalue weighted by Gasteiger charge is -2.29. The van der Waals surface area contributed by atoms with Gasteiger partial charge in [-0.05, 0) is 36.8 Å². The second-order valence-corrected chi connectivity index (χ2v) is 8.63. The Kier molecular flexibility index (Phi) is 6.54. The van der Waals surface area contributed by atoms with Crippen LogP contribution in [0.3, 0.4) is 0 Å². The lowest BCUT2D eigenvalue weighted by atomic mass is 10.0. The topological polar surface area (TPSA) is 33.2 Å². The van der Waals surface area contributed by atoms with Crippen LogP contribution in [0.5, 0.6) is 0 Å². The average Bonchev–Trinajstić information content (AvgIpc) is 3.09. The van der Waals surface area contributed by atoms with Gasteiger partial charge < -0.3 is 4.90 Å². The van der Waals surface area contributed by atoms with Crippen molar-refractivity contribution in [1.82, 2.24) is 4.98 Å². The van der Waals surface area contributed by atoms with Crippen LogP contribution in [0.15, 0.2) is 28.6 Å². The largest absolute Gasteiger partial charge is 0.311 e. The zero-order valence-corrected chi connectivity index (χ0v) is 17.3. The molecular formula is C21H26N2OS2. The number of fused-ring (bicyclic) bond motifs is 2. The highest BCUT2D eigenvalue weighted by molar-refractivity contribution is 8.01. The number of rotatable bonds is 3. The first kappa shape index (κ1) is 19.2. The Labute approximate surface area is 163 Å². The summed E-state index contributed by atoms with van der Waals surface area (Å²) in [6.07, 6.45) is 7.67. The minimum absolute atomic E-state index is 0.182. The van der Waals surface area contributed by atoms with E-state index in [4.69, 9.17) is 0 Å². The second-order valence-electron chi connectivity index (χ2n) is 6.38. The van der Waals surface area contributed by atoms with E-state index in [1.807, 2.05) is 24.8 Å². The molecule has 4 rings (SSSR count). The van der Waals surface area contributed by atoms with E-state index >= 15 is 0 Å². The van der Waals surface area contributed by atoms with Gasteiger partial charge in [-0.15, -0.1) is 11.3 Å². The number of aromatic nitrogens is 1. The molecule has 0 saturated heterocycles. The van der Waals surface area contributed by atoms with E-state index in [-0.39, 0.29) is 5.91 Å². The number of para-hydroxylation sites is 1. The van der Waals surface area contributed by atoms with Crippen LogP contribution in [-0.4, -0.2) is 23.2 Å². The molecule has 1 aliphatic carbocycles. The van der Waals surface area contributed by atoms with Crippen molar-refractivity contribution < 1.29 is 4.79 Å². The van der Waals surface area contributed by atoms with Crippen LogP contribution in [0.1, 0.15) is 39.2 Å². The Balaban J connectivity index is 0.000000948. The van der Waals surface area contributed by atoms with Crippen molar-refractivity contribution in [3.63, 3.8) is 0 Å². The van der Waals surface area contributed by atoms with Crippen LogP contribution < -0.4 is 14.8 Å².